The van der Waals surface area contributed by atoms with Gasteiger partial charge in [0, 0.05) is 5.69 Å². The molecule has 0 radical (unpaired) electrons. The Balaban J connectivity index is 2.29. The third kappa shape index (κ3) is 3.16. The van der Waals surface area contributed by atoms with Crippen molar-refractivity contribution in [3.8, 4) is 0 Å². The lowest BCUT2D eigenvalue weighted by atomic mass is 10.3. The summed E-state index contributed by atoms with van der Waals surface area (Å²) in [6, 6.07) is 2.63. The normalized spacial score (nSPS) is 11.7. The van der Waals surface area contributed by atoms with E-state index in [2.05, 4.69) is 19.9 Å². The Morgan fingerprint density at radius 1 is 1.32 bits per heavy atom. The average Bonchev–Trinajstić information content (AvgIpc) is 2.77. The summed E-state index contributed by atoms with van der Waals surface area (Å²) in [5, 5.41) is 6.04. The van der Waals surface area contributed by atoms with Gasteiger partial charge in [0.25, 0.3) is 0 Å². The number of hydrogen-bond acceptors (Lipinski definition) is 5. The second kappa shape index (κ2) is 5.33. The number of aromatic nitrogens is 3. The van der Waals surface area contributed by atoms with Crippen molar-refractivity contribution in [1.82, 2.24) is 19.9 Å². The Morgan fingerprint density at radius 3 is 2.47 bits per heavy atom. The van der Waals surface area contributed by atoms with Crippen molar-refractivity contribution < 1.29 is 8.42 Å². The molecule has 0 fully saturated rings. The third-order valence-electron chi connectivity index (χ3n) is 2.18. The molecule has 1 aromatic heterocycles. The van der Waals surface area contributed by atoms with E-state index in [-0.39, 0.29) is 27.2 Å². The third-order valence-corrected chi connectivity index (χ3v) is 4.51. The predicted molar refractivity (Wildman–Crippen MR) is 71.3 cm³/mol. The number of hydrogen-bond donors (Lipinski definition) is 3. The standard InChI is InChI=1S/C9H9Cl2N5O2S/c10-6-1-5(12)2-7(11)9(6)19(17,18)15-3-8-13-4-14-16-8/h1-2,4,15H,3,12H2,(H,13,14,16). The molecule has 0 atom stereocenters. The zero-order valence-electron chi connectivity index (χ0n) is 9.39. The van der Waals surface area contributed by atoms with Crippen molar-refractivity contribution in [1.29, 1.82) is 0 Å². The minimum atomic E-state index is -3.87. The molecule has 102 valence electrons. The molecule has 0 saturated heterocycles. The number of anilines is 1. The summed E-state index contributed by atoms with van der Waals surface area (Å²) < 4.78 is 26.5. The van der Waals surface area contributed by atoms with Gasteiger partial charge in [-0.2, -0.15) is 5.10 Å². The van der Waals surface area contributed by atoms with E-state index >= 15 is 0 Å². The summed E-state index contributed by atoms with van der Waals surface area (Å²) in [6.45, 7) is -0.0562. The molecule has 0 bridgehead atoms. The summed E-state index contributed by atoms with van der Waals surface area (Å²) >= 11 is 11.7. The molecule has 0 spiro atoms. The Bertz CT molecular complexity index is 664. The van der Waals surface area contributed by atoms with Gasteiger partial charge in [0.1, 0.15) is 17.0 Å². The fourth-order valence-electron chi connectivity index (χ4n) is 1.39. The topological polar surface area (TPSA) is 114 Å². The van der Waals surface area contributed by atoms with Crippen molar-refractivity contribution in [2.24, 2.45) is 0 Å². The number of nitrogen functional groups attached to an aromatic ring is 1. The largest absolute Gasteiger partial charge is 0.399 e. The molecule has 0 saturated carbocycles. The molecule has 10 heteroatoms. The molecule has 7 nitrogen and oxygen atoms in total. The van der Waals surface area contributed by atoms with E-state index in [1.54, 1.807) is 0 Å². The lowest BCUT2D eigenvalue weighted by molar-refractivity contribution is 0.579. The first-order chi connectivity index (χ1) is 8.90. The highest BCUT2D eigenvalue weighted by Gasteiger charge is 2.22. The zero-order chi connectivity index (χ0) is 14.0. The van der Waals surface area contributed by atoms with Gasteiger partial charge in [-0.25, -0.2) is 18.1 Å². The quantitative estimate of drug-likeness (QED) is 0.731. The van der Waals surface area contributed by atoms with Gasteiger partial charge in [0.15, 0.2) is 0 Å². The van der Waals surface area contributed by atoms with Gasteiger partial charge in [-0.05, 0) is 12.1 Å². The summed E-state index contributed by atoms with van der Waals surface area (Å²) in [5.74, 6) is 0.367. The second-order valence-electron chi connectivity index (χ2n) is 3.57. The zero-order valence-corrected chi connectivity index (χ0v) is 11.7. The van der Waals surface area contributed by atoms with Gasteiger partial charge in [-0.15, -0.1) is 0 Å². The molecule has 0 unspecified atom stereocenters. The van der Waals surface area contributed by atoms with Crippen LogP contribution in [0.1, 0.15) is 5.82 Å². The number of nitrogens with one attached hydrogen (secondary N) is 2. The summed E-state index contributed by atoms with van der Waals surface area (Å²) in [6.07, 6.45) is 1.27. The molecule has 1 heterocycles. The first-order valence-electron chi connectivity index (χ1n) is 4.98. The van der Waals surface area contributed by atoms with Gasteiger partial charge in [-0.1, -0.05) is 23.2 Å². The molecule has 4 N–H and O–H groups in total. The van der Waals surface area contributed by atoms with E-state index in [1.807, 2.05) is 0 Å². The molecular formula is C9H9Cl2N5O2S. The van der Waals surface area contributed by atoms with Gasteiger partial charge >= 0.3 is 0 Å². The van der Waals surface area contributed by atoms with Gasteiger partial charge in [0.05, 0.1) is 16.6 Å². The molecule has 2 aromatic rings. The van der Waals surface area contributed by atoms with Crippen LogP contribution in [0, 0.1) is 0 Å². The minimum Gasteiger partial charge on any atom is -0.399 e. The number of nitrogens with zero attached hydrogens (tertiary/aromatic N) is 2. The first kappa shape index (κ1) is 14.1. The Kier molecular flexibility index (Phi) is 3.95. The van der Waals surface area contributed by atoms with Crippen LogP contribution in [0.2, 0.25) is 10.0 Å². The average molecular weight is 322 g/mol. The smallest absolute Gasteiger partial charge is 0.243 e. The van der Waals surface area contributed by atoms with E-state index in [9.17, 15) is 8.42 Å². The second-order valence-corrected chi connectivity index (χ2v) is 6.09. The van der Waals surface area contributed by atoms with E-state index in [1.165, 1.54) is 18.5 Å². The Labute approximate surface area is 119 Å². The maximum atomic E-state index is 12.1. The molecule has 19 heavy (non-hydrogen) atoms. The molecule has 0 amide bonds. The van der Waals surface area contributed by atoms with Crippen molar-refractivity contribution >= 4 is 38.9 Å². The minimum absolute atomic E-state index is 0.0462. The van der Waals surface area contributed by atoms with Gasteiger partial charge < -0.3 is 5.73 Å². The van der Waals surface area contributed by atoms with Crippen LogP contribution in [-0.2, 0) is 16.6 Å². The van der Waals surface area contributed by atoms with Crippen LogP contribution in [0.25, 0.3) is 0 Å². The number of rotatable bonds is 4. The van der Waals surface area contributed by atoms with Crippen molar-refractivity contribution in [2.45, 2.75) is 11.4 Å². The highest BCUT2D eigenvalue weighted by atomic mass is 35.5. The van der Waals surface area contributed by atoms with Crippen LogP contribution in [0.15, 0.2) is 23.4 Å². The van der Waals surface area contributed by atoms with Crippen LogP contribution in [0.3, 0.4) is 0 Å². The Morgan fingerprint density at radius 2 is 1.95 bits per heavy atom. The molecule has 0 aliphatic heterocycles. The highest BCUT2D eigenvalue weighted by molar-refractivity contribution is 7.89. The lowest BCUT2D eigenvalue weighted by Gasteiger charge is -2.09. The maximum absolute atomic E-state index is 12.1. The van der Waals surface area contributed by atoms with Crippen LogP contribution >= 0.6 is 23.2 Å². The summed E-state index contributed by atoms with van der Waals surface area (Å²) in [7, 11) is -3.87. The number of nitrogens with two attached hydrogens (primary N) is 1. The number of benzene rings is 1. The van der Waals surface area contributed by atoms with Crippen LogP contribution in [0.4, 0.5) is 5.69 Å². The van der Waals surface area contributed by atoms with Crippen molar-refractivity contribution in [3.63, 3.8) is 0 Å². The molecule has 0 aliphatic carbocycles. The molecule has 2 rings (SSSR count). The SMILES string of the molecule is Nc1cc(Cl)c(S(=O)(=O)NCc2ncn[nH]2)c(Cl)c1. The van der Waals surface area contributed by atoms with E-state index in [4.69, 9.17) is 28.9 Å². The van der Waals surface area contributed by atoms with Crippen molar-refractivity contribution in [3.05, 3.63) is 34.3 Å². The number of aromatic amines is 1. The summed E-state index contributed by atoms with van der Waals surface area (Å²) in [5.41, 5.74) is 5.80. The highest BCUT2D eigenvalue weighted by Crippen LogP contribution is 2.31. The van der Waals surface area contributed by atoms with Gasteiger partial charge in [0.2, 0.25) is 10.0 Å². The van der Waals surface area contributed by atoms with E-state index < -0.39 is 10.0 Å². The van der Waals surface area contributed by atoms with E-state index in [0.717, 1.165) is 0 Å². The van der Waals surface area contributed by atoms with Gasteiger partial charge in [-0.3, -0.25) is 5.10 Å². The van der Waals surface area contributed by atoms with Crippen LogP contribution in [-0.4, -0.2) is 23.6 Å². The number of H-pyrrole nitrogens is 1. The summed E-state index contributed by atoms with van der Waals surface area (Å²) in [4.78, 5) is 3.57. The predicted octanol–water partition coefficient (Wildman–Crippen LogP) is 1.17. The number of sulfonamides is 1. The fourth-order valence-corrected chi connectivity index (χ4v) is 3.60. The molecule has 1 aromatic carbocycles. The van der Waals surface area contributed by atoms with Crippen molar-refractivity contribution in [2.75, 3.05) is 5.73 Å². The van der Waals surface area contributed by atoms with E-state index in [0.29, 0.717) is 5.82 Å². The molecule has 0 aliphatic rings. The van der Waals surface area contributed by atoms with Crippen LogP contribution < -0.4 is 10.5 Å². The lowest BCUT2D eigenvalue weighted by Crippen LogP contribution is -2.24. The van der Waals surface area contributed by atoms with Crippen LogP contribution in [0.5, 0.6) is 0 Å². The monoisotopic (exact) mass is 321 g/mol. The fraction of sp³-hybridized carbons (Fsp3) is 0.111. The first-order valence-corrected chi connectivity index (χ1v) is 7.22. The maximum Gasteiger partial charge on any atom is 0.243 e. The Hall–Kier alpha value is -1.35. The number of halogens is 2. The molecular weight excluding hydrogens is 313 g/mol.